The van der Waals surface area contributed by atoms with Crippen LogP contribution in [0.4, 0.5) is 5.69 Å². The van der Waals surface area contributed by atoms with Crippen molar-refractivity contribution in [2.75, 3.05) is 18.9 Å². The predicted octanol–water partition coefficient (Wildman–Crippen LogP) is 2.39. The Labute approximate surface area is 122 Å². The van der Waals surface area contributed by atoms with Crippen LogP contribution in [0.2, 0.25) is 5.02 Å². The van der Waals surface area contributed by atoms with E-state index in [0.717, 1.165) is 25.0 Å². The first-order chi connectivity index (χ1) is 9.74. The highest BCUT2D eigenvalue weighted by Gasteiger charge is 2.13. The van der Waals surface area contributed by atoms with Gasteiger partial charge >= 0.3 is 0 Å². The van der Waals surface area contributed by atoms with Crippen LogP contribution in [0.15, 0.2) is 18.2 Å². The van der Waals surface area contributed by atoms with Crippen molar-refractivity contribution < 1.29 is 4.74 Å². The molecule has 0 amide bonds. The van der Waals surface area contributed by atoms with Crippen LogP contribution in [0.1, 0.15) is 19.8 Å². The Kier molecular flexibility index (Phi) is 5.31. The zero-order chi connectivity index (χ0) is 14.4. The van der Waals surface area contributed by atoms with Gasteiger partial charge in [-0.25, -0.2) is 4.68 Å². The molecule has 0 fully saturated rings. The molecule has 7 heteroatoms. The van der Waals surface area contributed by atoms with Gasteiger partial charge < -0.3 is 10.5 Å². The number of nitrogen functional groups attached to an aromatic ring is 1. The number of aryl methyl sites for hydroxylation is 1. The van der Waals surface area contributed by atoms with Gasteiger partial charge in [-0.3, -0.25) is 0 Å². The second-order valence-electron chi connectivity index (χ2n) is 4.40. The Bertz CT molecular complexity index is 557. The largest absolute Gasteiger partial charge is 0.398 e. The highest BCUT2D eigenvalue weighted by atomic mass is 35.5. The maximum absolute atomic E-state index is 6.20. The summed E-state index contributed by atoms with van der Waals surface area (Å²) in [5.41, 5.74) is 7.06. The van der Waals surface area contributed by atoms with E-state index in [4.69, 9.17) is 22.1 Å². The zero-order valence-corrected chi connectivity index (χ0v) is 12.2. The summed E-state index contributed by atoms with van der Waals surface area (Å²) in [6.07, 6.45) is 1.87. The van der Waals surface area contributed by atoms with Gasteiger partial charge in [-0.1, -0.05) is 24.6 Å². The first kappa shape index (κ1) is 14.7. The summed E-state index contributed by atoms with van der Waals surface area (Å²) in [5.74, 6) is 0.623. The van der Waals surface area contributed by atoms with Crippen molar-refractivity contribution in [2.24, 2.45) is 0 Å². The van der Waals surface area contributed by atoms with Crippen LogP contribution >= 0.6 is 11.6 Å². The maximum Gasteiger partial charge on any atom is 0.183 e. The molecule has 108 valence electrons. The van der Waals surface area contributed by atoms with Crippen LogP contribution in [0, 0.1) is 0 Å². The van der Waals surface area contributed by atoms with Crippen LogP contribution < -0.4 is 5.73 Å². The average Bonchev–Trinajstić information content (AvgIpc) is 2.90. The standard InChI is InChI=1S/C13H18ClN5O/c1-2-8-20-9-4-7-19-13(16-17-18-19)10-5-3-6-11(15)12(10)14/h3,5-6H,2,4,7-9,15H2,1H3. The van der Waals surface area contributed by atoms with Gasteiger partial charge in [0.2, 0.25) is 0 Å². The van der Waals surface area contributed by atoms with E-state index in [9.17, 15) is 0 Å². The van der Waals surface area contributed by atoms with Crippen molar-refractivity contribution in [1.29, 1.82) is 0 Å². The van der Waals surface area contributed by atoms with Crippen LogP contribution in [-0.4, -0.2) is 33.4 Å². The molecule has 2 rings (SSSR count). The molecule has 0 radical (unpaired) electrons. The number of rotatable bonds is 7. The van der Waals surface area contributed by atoms with Gasteiger partial charge in [-0.2, -0.15) is 0 Å². The number of halogens is 1. The second-order valence-corrected chi connectivity index (χ2v) is 4.78. The number of hydrogen-bond donors (Lipinski definition) is 1. The number of hydrogen-bond acceptors (Lipinski definition) is 5. The van der Waals surface area contributed by atoms with Gasteiger partial charge in [-0.15, -0.1) is 5.10 Å². The Balaban J connectivity index is 2.06. The number of ether oxygens (including phenoxy) is 1. The van der Waals surface area contributed by atoms with E-state index >= 15 is 0 Å². The van der Waals surface area contributed by atoms with Crippen LogP contribution in [0.3, 0.4) is 0 Å². The number of nitrogens with two attached hydrogens (primary N) is 1. The number of aromatic nitrogens is 4. The van der Waals surface area contributed by atoms with Crippen LogP contribution in [0.25, 0.3) is 11.4 Å². The molecule has 0 saturated heterocycles. The van der Waals surface area contributed by atoms with Crippen molar-refractivity contribution in [3.63, 3.8) is 0 Å². The normalized spacial score (nSPS) is 10.9. The molecular formula is C13H18ClN5O. The summed E-state index contributed by atoms with van der Waals surface area (Å²) in [4.78, 5) is 0. The molecule has 6 nitrogen and oxygen atoms in total. The maximum atomic E-state index is 6.20. The quantitative estimate of drug-likeness (QED) is 0.627. The minimum Gasteiger partial charge on any atom is -0.398 e. The molecule has 1 heterocycles. The summed E-state index contributed by atoms with van der Waals surface area (Å²) in [7, 11) is 0. The van der Waals surface area contributed by atoms with E-state index in [0.29, 0.717) is 29.7 Å². The first-order valence-corrected chi connectivity index (χ1v) is 7.00. The molecule has 2 N–H and O–H groups in total. The van der Waals surface area contributed by atoms with E-state index < -0.39 is 0 Å². The topological polar surface area (TPSA) is 78.8 Å². The molecule has 2 aromatic rings. The van der Waals surface area contributed by atoms with Crippen LogP contribution in [0.5, 0.6) is 0 Å². The fraction of sp³-hybridized carbons (Fsp3) is 0.462. The van der Waals surface area contributed by atoms with Crippen molar-refractivity contribution in [2.45, 2.75) is 26.3 Å². The van der Waals surface area contributed by atoms with Crippen molar-refractivity contribution in [1.82, 2.24) is 20.2 Å². The zero-order valence-electron chi connectivity index (χ0n) is 11.4. The predicted molar refractivity (Wildman–Crippen MR) is 78.4 cm³/mol. The minimum atomic E-state index is 0.478. The smallest absolute Gasteiger partial charge is 0.183 e. The highest BCUT2D eigenvalue weighted by molar-refractivity contribution is 6.35. The molecule has 20 heavy (non-hydrogen) atoms. The van der Waals surface area contributed by atoms with Crippen molar-refractivity contribution in [3.8, 4) is 11.4 Å². The summed E-state index contributed by atoms with van der Waals surface area (Å²) in [6.45, 7) is 4.24. The molecule has 0 unspecified atom stereocenters. The van der Waals surface area contributed by atoms with Gasteiger partial charge in [0.25, 0.3) is 0 Å². The third-order valence-electron chi connectivity index (χ3n) is 2.81. The highest BCUT2D eigenvalue weighted by Crippen LogP contribution is 2.30. The summed E-state index contributed by atoms with van der Waals surface area (Å²) >= 11 is 6.20. The van der Waals surface area contributed by atoms with E-state index in [2.05, 4.69) is 22.4 Å². The van der Waals surface area contributed by atoms with Gasteiger partial charge in [0.1, 0.15) is 0 Å². The lowest BCUT2D eigenvalue weighted by Crippen LogP contribution is -2.07. The molecule has 0 bridgehead atoms. The molecule has 1 aromatic carbocycles. The van der Waals surface area contributed by atoms with Gasteiger partial charge in [-0.05, 0) is 35.4 Å². The Hall–Kier alpha value is -1.66. The lowest BCUT2D eigenvalue weighted by atomic mass is 10.2. The molecule has 0 aliphatic heterocycles. The summed E-state index contributed by atoms with van der Waals surface area (Å²) < 4.78 is 7.16. The van der Waals surface area contributed by atoms with Crippen molar-refractivity contribution >= 4 is 17.3 Å². The molecule has 0 atom stereocenters. The lowest BCUT2D eigenvalue weighted by Gasteiger charge is -2.07. The van der Waals surface area contributed by atoms with Crippen LogP contribution in [-0.2, 0) is 11.3 Å². The SMILES string of the molecule is CCCOCCCn1nnnc1-c1cccc(N)c1Cl. The Morgan fingerprint density at radius 3 is 3.00 bits per heavy atom. The average molecular weight is 296 g/mol. The number of tetrazole rings is 1. The van der Waals surface area contributed by atoms with Gasteiger partial charge in [0.15, 0.2) is 5.82 Å². The van der Waals surface area contributed by atoms with Gasteiger partial charge in [0.05, 0.1) is 10.7 Å². The van der Waals surface area contributed by atoms with Crippen molar-refractivity contribution in [3.05, 3.63) is 23.2 Å². The van der Waals surface area contributed by atoms with E-state index in [-0.39, 0.29) is 0 Å². The lowest BCUT2D eigenvalue weighted by molar-refractivity contribution is 0.128. The number of nitrogens with zero attached hydrogens (tertiary/aromatic N) is 4. The monoisotopic (exact) mass is 295 g/mol. The third kappa shape index (κ3) is 3.46. The first-order valence-electron chi connectivity index (χ1n) is 6.62. The van der Waals surface area contributed by atoms with Gasteiger partial charge in [0, 0.05) is 25.3 Å². The Morgan fingerprint density at radius 1 is 1.35 bits per heavy atom. The molecule has 1 aromatic heterocycles. The fourth-order valence-corrected chi connectivity index (χ4v) is 2.04. The fourth-order valence-electron chi connectivity index (χ4n) is 1.83. The summed E-state index contributed by atoms with van der Waals surface area (Å²) in [6, 6.07) is 5.44. The molecule has 0 aliphatic carbocycles. The van der Waals surface area contributed by atoms with E-state index in [1.807, 2.05) is 12.1 Å². The van der Waals surface area contributed by atoms with E-state index in [1.165, 1.54) is 0 Å². The molecule has 0 spiro atoms. The second kappa shape index (κ2) is 7.21. The minimum absolute atomic E-state index is 0.478. The molecule has 0 aliphatic rings. The summed E-state index contributed by atoms with van der Waals surface area (Å²) in [5, 5.41) is 12.2. The molecule has 0 saturated carbocycles. The Morgan fingerprint density at radius 2 is 2.20 bits per heavy atom. The number of anilines is 1. The third-order valence-corrected chi connectivity index (χ3v) is 3.23. The molecular weight excluding hydrogens is 278 g/mol. The van der Waals surface area contributed by atoms with E-state index in [1.54, 1.807) is 10.7 Å². The number of benzene rings is 1.